The van der Waals surface area contributed by atoms with Crippen molar-refractivity contribution in [2.75, 3.05) is 0 Å². The molecular weight excluding hydrogens is 371 g/mol. The van der Waals surface area contributed by atoms with Crippen molar-refractivity contribution < 1.29 is 8.78 Å². The second-order valence-corrected chi connectivity index (χ2v) is 5.83. The number of halogens is 4. The lowest BCUT2D eigenvalue weighted by Crippen LogP contribution is -2.15. The Morgan fingerprint density at radius 2 is 1.56 bits per heavy atom. The van der Waals surface area contributed by atoms with E-state index in [1.807, 2.05) is 0 Å². The van der Waals surface area contributed by atoms with Gasteiger partial charge in [-0.3, -0.25) is 4.79 Å². The Balaban J connectivity index is 2.42. The summed E-state index contributed by atoms with van der Waals surface area (Å²) in [4.78, 5) is 12.0. The number of nitrogens with zero attached hydrogens (tertiary/aromatic N) is 2. The summed E-state index contributed by atoms with van der Waals surface area (Å²) in [5.41, 5.74) is -0.280. The molecule has 0 bridgehead atoms. The summed E-state index contributed by atoms with van der Waals surface area (Å²) in [6, 6.07) is 8.91. The van der Waals surface area contributed by atoms with E-state index in [2.05, 4.69) is 10.2 Å². The molecule has 0 spiro atoms. The highest BCUT2D eigenvalue weighted by atomic mass is 35.5. The largest absolute Gasteiger partial charge is 0.282 e. The first-order valence-corrected chi connectivity index (χ1v) is 7.61. The maximum absolute atomic E-state index is 13.4. The van der Waals surface area contributed by atoms with Gasteiger partial charge in [0.15, 0.2) is 0 Å². The van der Waals surface area contributed by atoms with E-state index in [0.717, 1.165) is 24.3 Å². The summed E-state index contributed by atoms with van der Waals surface area (Å²) >= 11 is 12.2. The van der Waals surface area contributed by atoms with Crippen LogP contribution >= 0.6 is 23.2 Å². The monoisotopic (exact) mass is 377 g/mol. The number of H-pyrrole nitrogens is 1. The van der Waals surface area contributed by atoms with Crippen LogP contribution in [0.1, 0.15) is 5.56 Å². The van der Waals surface area contributed by atoms with Crippen LogP contribution in [0.15, 0.2) is 41.2 Å². The molecule has 0 aliphatic heterocycles. The molecule has 4 nitrogen and oxygen atoms in total. The molecule has 8 heteroatoms. The van der Waals surface area contributed by atoms with Crippen molar-refractivity contribution in [2.24, 2.45) is 0 Å². The molecule has 124 valence electrons. The van der Waals surface area contributed by atoms with Crippen molar-refractivity contribution in [3.63, 3.8) is 0 Å². The van der Waals surface area contributed by atoms with Crippen molar-refractivity contribution in [3.05, 3.63) is 74.0 Å². The van der Waals surface area contributed by atoms with Gasteiger partial charge in [-0.2, -0.15) is 10.4 Å². The number of rotatable bonds is 2. The normalized spacial score (nSPS) is 10.5. The van der Waals surface area contributed by atoms with Crippen LogP contribution in [-0.2, 0) is 0 Å². The van der Waals surface area contributed by atoms with E-state index in [1.165, 1.54) is 12.1 Å². The Hall–Kier alpha value is -2.75. The van der Waals surface area contributed by atoms with Gasteiger partial charge in [-0.25, -0.2) is 13.9 Å². The van der Waals surface area contributed by atoms with E-state index in [1.54, 1.807) is 6.07 Å². The van der Waals surface area contributed by atoms with Crippen LogP contribution in [0.4, 0.5) is 8.78 Å². The average Bonchev–Trinajstić information content (AvgIpc) is 2.55. The van der Waals surface area contributed by atoms with E-state index in [9.17, 15) is 18.8 Å². The molecule has 0 amide bonds. The van der Waals surface area contributed by atoms with Gasteiger partial charge in [-0.1, -0.05) is 23.2 Å². The molecule has 1 aromatic heterocycles. The molecule has 1 N–H and O–H groups in total. The van der Waals surface area contributed by atoms with Crippen molar-refractivity contribution in [1.29, 1.82) is 5.26 Å². The van der Waals surface area contributed by atoms with E-state index in [4.69, 9.17) is 23.2 Å². The number of hydrogen-bond donors (Lipinski definition) is 1. The maximum Gasteiger partial charge on any atom is 0.282 e. The summed E-state index contributed by atoms with van der Waals surface area (Å²) in [6.45, 7) is 0. The van der Waals surface area contributed by atoms with Crippen molar-refractivity contribution in [3.8, 4) is 28.5 Å². The lowest BCUT2D eigenvalue weighted by Gasteiger charge is -2.12. The van der Waals surface area contributed by atoms with Gasteiger partial charge >= 0.3 is 0 Å². The molecule has 0 saturated heterocycles. The standard InChI is InChI=1S/C17H7Cl2F2N3O/c18-13-5-8(20)1-3-10(13)15-12(7-22)17(25)24-23-16(15)11-4-2-9(21)6-14(11)19/h1-6H,(H,24,25). The molecule has 2 aromatic carbocycles. The molecule has 1 heterocycles. The van der Waals surface area contributed by atoms with Crippen LogP contribution in [0, 0.1) is 23.0 Å². The van der Waals surface area contributed by atoms with Gasteiger partial charge < -0.3 is 0 Å². The van der Waals surface area contributed by atoms with E-state index >= 15 is 0 Å². The van der Waals surface area contributed by atoms with E-state index < -0.39 is 17.2 Å². The maximum atomic E-state index is 13.4. The van der Waals surface area contributed by atoms with Crippen LogP contribution in [-0.4, -0.2) is 10.2 Å². The van der Waals surface area contributed by atoms with Gasteiger partial charge in [-0.15, -0.1) is 0 Å². The lowest BCUT2D eigenvalue weighted by molar-refractivity contribution is 0.627. The number of aromatic nitrogens is 2. The highest BCUT2D eigenvalue weighted by molar-refractivity contribution is 6.34. The third-order valence-electron chi connectivity index (χ3n) is 3.48. The lowest BCUT2D eigenvalue weighted by atomic mass is 9.96. The number of hydrogen-bond acceptors (Lipinski definition) is 3. The molecule has 0 aliphatic carbocycles. The molecule has 3 aromatic rings. The molecule has 0 saturated carbocycles. The van der Waals surface area contributed by atoms with Gasteiger partial charge in [0.1, 0.15) is 29.0 Å². The summed E-state index contributed by atoms with van der Waals surface area (Å²) in [5.74, 6) is -1.13. The fourth-order valence-corrected chi connectivity index (χ4v) is 2.91. The van der Waals surface area contributed by atoms with Crippen molar-refractivity contribution in [1.82, 2.24) is 10.2 Å². The van der Waals surface area contributed by atoms with Crippen LogP contribution in [0.25, 0.3) is 22.4 Å². The van der Waals surface area contributed by atoms with E-state index in [0.29, 0.717) is 0 Å². The molecule has 0 aliphatic rings. The first-order valence-electron chi connectivity index (χ1n) is 6.86. The van der Waals surface area contributed by atoms with Crippen LogP contribution in [0.3, 0.4) is 0 Å². The Bertz CT molecular complexity index is 1090. The zero-order chi connectivity index (χ0) is 18.1. The van der Waals surface area contributed by atoms with Crippen molar-refractivity contribution in [2.45, 2.75) is 0 Å². The highest BCUT2D eigenvalue weighted by Gasteiger charge is 2.21. The molecule has 3 rings (SSSR count). The zero-order valence-electron chi connectivity index (χ0n) is 12.3. The fourth-order valence-electron chi connectivity index (χ4n) is 2.39. The van der Waals surface area contributed by atoms with Crippen LogP contribution in [0.2, 0.25) is 10.0 Å². The van der Waals surface area contributed by atoms with Crippen LogP contribution in [0.5, 0.6) is 0 Å². The first kappa shape index (κ1) is 17.1. The fraction of sp³-hybridized carbons (Fsp3) is 0. The Morgan fingerprint density at radius 1 is 1.00 bits per heavy atom. The molecule has 0 unspecified atom stereocenters. The third-order valence-corrected chi connectivity index (χ3v) is 4.11. The molecular formula is C17H7Cl2F2N3O. The van der Waals surface area contributed by atoms with Crippen molar-refractivity contribution >= 4 is 23.2 Å². The van der Waals surface area contributed by atoms with Gasteiger partial charge in [0.25, 0.3) is 5.56 Å². The highest BCUT2D eigenvalue weighted by Crippen LogP contribution is 2.38. The topological polar surface area (TPSA) is 69.5 Å². The summed E-state index contributed by atoms with van der Waals surface area (Å²) in [7, 11) is 0. The Labute approximate surface area is 150 Å². The van der Waals surface area contributed by atoms with Gasteiger partial charge in [-0.05, 0) is 36.4 Å². The number of benzene rings is 2. The minimum Gasteiger partial charge on any atom is -0.266 e. The minimum atomic E-state index is -0.736. The SMILES string of the molecule is N#Cc1c(-c2ccc(F)cc2Cl)c(-c2ccc(F)cc2Cl)n[nH]c1=O. The molecule has 0 fully saturated rings. The summed E-state index contributed by atoms with van der Waals surface area (Å²) < 4.78 is 26.7. The molecule has 25 heavy (non-hydrogen) atoms. The predicted molar refractivity (Wildman–Crippen MR) is 90.4 cm³/mol. The minimum absolute atomic E-state index is 0.0108. The van der Waals surface area contributed by atoms with Gasteiger partial charge in [0, 0.05) is 16.7 Å². The molecule has 0 radical (unpaired) electrons. The zero-order valence-corrected chi connectivity index (χ0v) is 13.8. The van der Waals surface area contributed by atoms with Crippen LogP contribution < -0.4 is 5.56 Å². The first-order chi connectivity index (χ1) is 11.9. The second kappa shape index (κ2) is 6.63. The number of nitrogens with one attached hydrogen (secondary N) is 1. The van der Waals surface area contributed by atoms with Gasteiger partial charge in [0.2, 0.25) is 0 Å². The van der Waals surface area contributed by atoms with Gasteiger partial charge in [0.05, 0.1) is 10.0 Å². The summed E-state index contributed by atoms with van der Waals surface area (Å²) in [5, 5.41) is 15.5. The summed E-state index contributed by atoms with van der Waals surface area (Å²) in [6.07, 6.45) is 0. The Morgan fingerprint density at radius 3 is 2.08 bits per heavy atom. The Kier molecular flexibility index (Phi) is 4.53. The van der Waals surface area contributed by atoms with E-state index in [-0.39, 0.29) is 38.0 Å². The number of nitriles is 1. The quantitative estimate of drug-likeness (QED) is 0.711. The number of aromatic amines is 1. The third kappa shape index (κ3) is 3.12. The smallest absolute Gasteiger partial charge is 0.266 e. The second-order valence-electron chi connectivity index (χ2n) is 5.01. The predicted octanol–water partition coefficient (Wildman–Crippen LogP) is 4.56. The average molecular weight is 378 g/mol. The molecule has 0 atom stereocenters.